The molecule has 16 heavy (non-hydrogen) atoms. The fourth-order valence-electron chi connectivity index (χ4n) is 1.61. The van der Waals surface area contributed by atoms with Crippen LogP contribution in [0.2, 0.25) is 0 Å². The third kappa shape index (κ3) is 2.23. The first-order chi connectivity index (χ1) is 7.71. The molecular formula is C12H15NO2S. The van der Waals surface area contributed by atoms with Crippen LogP contribution >= 0.6 is 11.8 Å². The number of thioether (sulfide) groups is 1. The van der Waals surface area contributed by atoms with E-state index in [1.54, 1.807) is 11.8 Å². The molecule has 0 radical (unpaired) electrons. The van der Waals surface area contributed by atoms with Gasteiger partial charge >= 0.3 is 0 Å². The van der Waals surface area contributed by atoms with Crippen LogP contribution in [0.1, 0.15) is 23.2 Å². The summed E-state index contributed by atoms with van der Waals surface area (Å²) in [5.74, 6) is -0.0866. The van der Waals surface area contributed by atoms with Crippen molar-refractivity contribution in [1.29, 1.82) is 0 Å². The number of amides is 1. The van der Waals surface area contributed by atoms with Crippen LogP contribution in [0, 0.1) is 0 Å². The van der Waals surface area contributed by atoms with Crippen LogP contribution in [0.4, 0.5) is 0 Å². The number of rotatable bonds is 4. The predicted molar refractivity (Wildman–Crippen MR) is 64.7 cm³/mol. The number of aliphatic hydroxyl groups excluding tert-OH is 1. The molecule has 1 aromatic carbocycles. The molecule has 0 bridgehead atoms. The molecular weight excluding hydrogens is 222 g/mol. The molecule has 1 amide bonds. The summed E-state index contributed by atoms with van der Waals surface area (Å²) in [6.07, 6.45) is 3.69. The molecule has 1 aliphatic rings. The highest BCUT2D eigenvalue weighted by Crippen LogP contribution is 2.35. The van der Waals surface area contributed by atoms with E-state index in [1.807, 2.05) is 30.5 Å². The van der Waals surface area contributed by atoms with Crippen molar-refractivity contribution in [3.05, 3.63) is 29.8 Å². The Hall–Kier alpha value is -1.00. The normalized spacial score (nSPS) is 16.9. The zero-order valence-electron chi connectivity index (χ0n) is 9.19. The molecule has 4 heteroatoms. The Kier molecular flexibility index (Phi) is 3.21. The van der Waals surface area contributed by atoms with Crippen LogP contribution in [-0.4, -0.2) is 29.4 Å². The van der Waals surface area contributed by atoms with Crippen molar-refractivity contribution in [2.45, 2.75) is 23.3 Å². The summed E-state index contributed by atoms with van der Waals surface area (Å²) < 4.78 is 0. The molecule has 0 spiro atoms. The van der Waals surface area contributed by atoms with E-state index in [2.05, 4.69) is 5.32 Å². The number of carbonyl (C=O) groups is 1. The Morgan fingerprint density at radius 3 is 2.75 bits per heavy atom. The van der Waals surface area contributed by atoms with Crippen LogP contribution < -0.4 is 5.32 Å². The Labute approximate surface area is 99.2 Å². The second-order valence-corrected chi connectivity index (χ2v) is 4.94. The van der Waals surface area contributed by atoms with Crippen LogP contribution in [0.3, 0.4) is 0 Å². The van der Waals surface area contributed by atoms with Gasteiger partial charge in [-0.25, -0.2) is 0 Å². The van der Waals surface area contributed by atoms with Gasteiger partial charge in [0, 0.05) is 4.90 Å². The van der Waals surface area contributed by atoms with Gasteiger partial charge in [-0.2, -0.15) is 0 Å². The maximum atomic E-state index is 12.0. The number of hydrogen-bond acceptors (Lipinski definition) is 3. The lowest BCUT2D eigenvalue weighted by Gasteiger charge is -2.15. The molecule has 0 atom stereocenters. The van der Waals surface area contributed by atoms with Gasteiger partial charge in [0.15, 0.2) is 0 Å². The largest absolute Gasteiger partial charge is 0.394 e. The minimum atomic E-state index is -0.345. The average molecular weight is 237 g/mol. The monoisotopic (exact) mass is 237 g/mol. The fourth-order valence-corrected chi connectivity index (χ4v) is 2.21. The Balaban J connectivity index is 2.14. The van der Waals surface area contributed by atoms with E-state index in [-0.39, 0.29) is 18.1 Å². The van der Waals surface area contributed by atoms with E-state index >= 15 is 0 Å². The molecule has 1 fully saturated rings. The fraction of sp³-hybridized carbons (Fsp3) is 0.417. The summed E-state index contributed by atoms with van der Waals surface area (Å²) in [7, 11) is 0. The van der Waals surface area contributed by atoms with Crippen molar-refractivity contribution >= 4 is 17.7 Å². The number of carbonyl (C=O) groups excluding carboxylic acids is 1. The lowest BCUT2D eigenvalue weighted by molar-refractivity contribution is 0.0904. The van der Waals surface area contributed by atoms with Crippen molar-refractivity contribution < 1.29 is 9.90 Å². The topological polar surface area (TPSA) is 49.3 Å². The smallest absolute Gasteiger partial charge is 0.252 e. The van der Waals surface area contributed by atoms with Crippen LogP contribution in [0.5, 0.6) is 0 Å². The lowest BCUT2D eigenvalue weighted by atomic mass is 10.2. The van der Waals surface area contributed by atoms with E-state index in [9.17, 15) is 4.79 Å². The molecule has 1 aliphatic carbocycles. The van der Waals surface area contributed by atoms with Crippen molar-refractivity contribution in [3.63, 3.8) is 0 Å². The van der Waals surface area contributed by atoms with Gasteiger partial charge in [0.05, 0.1) is 17.7 Å². The maximum Gasteiger partial charge on any atom is 0.252 e. The Morgan fingerprint density at radius 1 is 1.50 bits per heavy atom. The summed E-state index contributed by atoms with van der Waals surface area (Å²) in [6, 6.07) is 7.52. The molecule has 2 rings (SSSR count). The molecule has 0 aliphatic heterocycles. The van der Waals surface area contributed by atoms with E-state index in [1.165, 1.54) is 0 Å². The Morgan fingerprint density at radius 2 is 2.19 bits per heavy atom. The van der Waals surface area contributed by atoms with Crippen LogP contribution in [0.25, 0.3) is 0 Å². The minimum absolute atomic E-state index is 0.0280. The standard InChI is InChI=1S/C12H15NO2S/c1-16-10-5-3-2-4-9(10)11(15)13-12(8-14)6-7-12/h2-5,14H,6-8H2,1H3,(H,13,15). The summed E-state index contributed by atoms with van der Waals surface area (Å²) in [6.45, 7) is 0.0280. The second-order valence-electron chi connectivity index (χ2n) is 4.09. The Bertz CT molecular complexity index is 402. The van der Waals surface area contributed by atoms with Crippen molar-refractivity contribution in [2.24, 2.45) is 0 Å². The number of hydrogen-bond donors (Lipinski definition) is 2. The van der Waals surface area contributed by atoms with E-state index in [0.717, 1.165) is 17.7 Å². The quantitative estimate of drug-likeness (QED) is 0.783. The predicted octanol–water partition coefficient (Wildman–Crippen LogP) is 1.66. The zero-order valence-corrected chi connectivity index (χ0v) is 10.0. The molecule has 1 aromatic rings. The molecule has 2 N–H and O–H groups in total. The zero-order chi connectivity index (χ0) is 11.6. The molecule has 0 aromatic heterocycles. The highest BCUT2D eigenvalue weighted by molar-refractivity contribution is 7.98. The van der Waals surface area contributed by atoms with Crippen molar-refractivity contribution in [1.82, 2.24) is 5.32 Å². The van der Waals surface area contributed by atoms with E-state index < -0.39 is 0 Å². The maximum absolute atomic E-state index is 12.0. The SMILES string of the molecule is CSc1ccccc1C(=O)NC1(CO)CC1. The molecule has 0 unspecified atom stereocenters. The summed E-state index contributed by atoms with van der Waals surface area (Å²) >= 11 is 1.55. The van der Waals surface area contributed by atoms with Crippen molar-refractivity contribution in [3.8, 4) is 0 Å². The lowest BCUT2D eigenvalue weighted by Crippen LogP contribution is -2.39. The number of aliphatic hydroxyl groups is 1. The summed E-state index contributed by atoms with van der Waals surface area (Å²) in [5, 5.41) is 12.1. The molecule has 3 nitrogen and oxygen atoms in total. The van der Waals surface area contributed by atoms with Crippen LogP contribution in [0.15, 0.2) is 29.2 Å². The highest BCUT2D eigenvalue weighted by atomic mass is 32.2. The van der Waals surface area contributed by atoms with Gasteiger partial charge in [-0.3, -0.25) is 4.79 Å². The first-order valence-corrected chi connectivity index (χ1v) is 6.50. The summed E-state index contributed by atoms with van der Waals surface area (Å²) in [5.41, 5.74) is 0.345. The van der Waals surface area contributed by atoms with Gasteiger partial charge in [-0.1, -0.05) is 12.1 Å². The van der Waals surface area contributed by atoms with Gasteiger partial charge in [0.25, 0.3) is 5.91 Å². The first kappa shape index (κ1) is 11.5. The number of benzene rings is 1. The number of nitrogens with one attached hydrogen (secondary N) is 1. The van der Waals surface area contributed by atoms with Crippen LogP contribution in [-0.2, 0) is 0 Å². The third-order valence-corrected chi connectivity index (χ3v) is 3.68. The van der Waals surface area contributed by atoms with Gasteiger partial charge < -0.3 is 10.4 Å². The van der Waals surface area contributed by atoms with Gasteiger partial charge in [-0.05, 0) is 31.2 Å². The van der Waals surface area contributed by atoms with Gasteiger partial charge in [0.1, 0.15) is 0 Å². The van der Waals surface area contributed by atoms with Gasteiger partial charge in [0.2, 0.25) is 0 Å². The highest BCUT2D eigenvalue weighted by Gasteiger charge is 2.43. The average Bonchev–Trinajstić information content (AvgIpc) is 3.09. The minimum Gasteiger partial charge on any atom is -0.394 e. The summed E-state index contributed by atoms with van der Waals surface area (Å²) in [4.78, 5) is 13.0. The molecule has 1 saturated carbocycles. The van der Waals surface area contributed by atoms with Gasteiger partial charge in [-0.15, -0.1) is 11.8 Å². The van der Waals surface area contributed by atoms with E-state index in [4.69, 9.17) is 5.11 Å². The van der Waals surface area contributed by atoms with Crippen molar-refractivity contribution in [2.75, 3.05) is 12.9 Å². The second kappa shape index (κ2) is 4.47. The van der Waals surface area contributed by atoms with E-state index in [0.29, 0.717) is 5.56 Å². The molecule has 0 saturated heterocycles. The third-order valence-electron chi connectivity index (χ3n) is 2.89. The first-order valence-electron chi connectivity index (χ1n) is 5.27. The molecule has 0 heterocycles. The molecule has 86 valence electrons.